The summed E-state index contributed by atoms with van der Waals surface area (Å²) in [7, 11) is 0. The Balaban J connectivity index is 2.38. The van der Waals surface area contributed by atoms with Gasteiger partial charge in [0.1, 0.15) is 0 Å². The van der Waals surface area contributed by atoms with Crippen LogP contribution in [0.25, 0.3) is 0 Å². The Labute approximate surface area is 88.5 Å². The molecule has 0 unspecified atom stereocenters. The van der Waals surface area contributed by atoms with Crippen LogP contribution >= 0.6 is 0 Å². The molecule has 0 aromatic rings. The fraction of sp³-hybridized carbons (Fsp3) is 0.600. The van der Waals surface area contributed by atoms with Crippen molar-refractivity contribution in [3.05, 3.63) is 12.7 Å². The van der Waals surface area contributed by atoms with Gasteiger partial charge in [0.05, 0.1) is 0 Å². The van der Waals surface area contributed by atoms with Gasteiger partial charge in [-0.05, 0) is 31.8 Å². The molecule has 0 aromatic carbocycles. The molecular weight excluding hydrogens is 196 g/mol. The summed E-state index contributed by atoms with van der Waals surface area (Å²) in [6, 6.07) is 0.00691. The molecule has 5 nitrogen and oxygen atoms in total. The molecule has 1 saturated carbocycles. The Morgan fingerprint density at radius 2 is 1.87 bits per heavy atom. The van der Waals surface area contributed by atoms with Crippen LogP contribution in [-0.2, 0) is 4.79 Å². The standard InChI is InChI=1S/C10H16N2O3/c1-2-9(13)11-7-4-3-5-8(6-7)12-10(14)15/h2,7-8,12H,1,3-6H2,(H,11,13)(H,14,15)/t7-,8+/m0/s1. The zero-order chi connectivity index (χ0) is 11.3. The van der Waals surface area contributed by atoms with E-state index in [0.717, 1.165) is 19.3 Å². The van der Waals surface area contributed by atoms with Crippen LogP contribution < -0.4 is 10.6 Å². The maximum Gasteiger partial charge on any atom is 0.404 e. The summed E-state index contributed by atoms with van der Waals surface area (Å²) < 4.78 is 0. The third-order valence-electron chi connectivity index (χ3n) is 2.53. The van der Waals surface area contributed by atoms with E-state index in [2.05, 4.69) is 17.2 Å². The van der Waals surface area contributed by atoms with Crippen LogP contribution in [0.1, 0.15) is 25.7 Å². The van der Waals surface area contributed by atoms with Crippen molar-refractivity contribution in [2.75, 3.05) is 0 Å². The van der Waals surface area contributed by atoms with Crippen LogP contribution in [0.4, 0.5) is 4.79 Å². The molecule has 2 amide bonds. The van der Waals surface area contributed by atoms with Gasteiger partial charge in [0.25, 0.3) is 0 Å². The van der Waals surface area contributed by atoms with Gasteiger partial charge in [-0.15, -0.1) is 0 Å². The molecule has 84 valence electrons. The molecular formula is C10H16N2O3. The Morgan fingerprint density at radius 1 is 1.27 bits per heavy atom. The van der Waals surface area contributed by atoms with E-state index >= 15 is 0 Å². The van der Waals surface area contributed by atoms with Crippen LogP contribution in [0.5, 0.6) is 0 Å². The Bertz CT molecular complexity index is 265. The molecule has 0 bridgehead atoms. The van der Waals surface area contributed by atoms with E-state index in [-0.39, 0.29) is 18.0 Å². The summed E-state index contributed by atoms with van der Waals surface area (Å²) in [4.78, 5) is 21.5. The van der Waals surface area contributed by atoms with E-state index in [1.54, 1.807) is 0 Å². The largest absolute Gasteiger partial charge is 0.465 e. The summed E-state index contributed by atoms with van der Waals surface area (Å²) in [5, 5.41) is 13.8. The molecule has 1 aliphatic carbocycles. The highest BCUT2D eigenvalue weighted by Crippen LogP contribution is 2.18. The summed E-state index contributed by atoms with van der Waals surface area (Å²) in [5.74, 6) is -0.198. The number of carbonyl (C=O) groups is 2. The molecule has 5 heteroatoms. The zero-order valence-corrected chi connectivity index (χ0v) is 8.53. The fourth-order valence-electron chi connectivity index (χ4n) is 1.89. The van der Waals surface area contributed by atoms with Crippen LogP contribution in [0.15, 0.2) is 12.7 Å². The van der Waals surface area contributed by atoms with E-state index in [1.165, 1.54) is 6.08 Å². The minimum Gasteiger partial charge on any atom is -0.465 e. The van der Waals surface area contributed by atoms with E-state index in [0.29, 0.717) is 6.42 Å². The first kappa shape index (κ1) is 11.6. The van der Waals surface area contributed by atoms with Crippen molar-refractivity contribution in [1.82, 2.24) is 10.6 Å². The van der Waals surface area contributed by atoms with Crippen LogP contribution in [0.2, 0.25) is 0 Å². The van der Waals surface area contributed by atoms with E-state index in [4.69, 9.17) is 5.11 Å². The third kappa shape index (κ3) is 4.01. The van der Waals surface area contributed by atoms with Crippen LogP contribution in [0, 0.1) is 0 Å². The maximum atomic E-state index is 11.0. The number of nitrogens with one attached hydrogen (secondary N) is 2. The monoisotopic (exact) mass is 212 g/mol. The first-order chi connectivity index (χ1) is 7.11. The van der Waals surface area contributed by atoms with Crippen molar-refractivity contribution in [2.45, 2.75) is 37.8 Å². The minimum atomic E-state index is -1.00. The molecule has 0 heterocycles. The van der Waals surface area contributed by atoms with Gasteiger partial charge in [-0.3, -0.25) is 4.79 Å². The molecule has 2 atom stereocenters. The van der Waals surface area contributed by atoms with Gasteiger partial charge in [-0.1, -0.05) is 6.58 Å². The SMILES string of the molecule is C=CC(=O)N[C@H]1CCC[C@@H](NC(=O)O)C1. The summed E-state index contributed by atoms with van der Waals surface area (Å²) in [6.07, 6.45) is 3.55. The van der Waals surface area contributed by atoms with Crippen LogP contribution in [-0.4, -0.2) is 29.2 Å². The first-order valence-corrected chi connectivity index (χ1v) is 5.04. The predicted molar refractivity (Wildman–Crippen MR) is 55.5 cm³/mol. The number of hydrogen-bond donors (Lipinski definition) is 3. The van der Waals surface area contributed by atoms with Gasteiger partial charge in [-0.2, -0.15) is 0 Å². The van der Waals surface area contributed by atoms with Gasteiger partial charge in [-0.25, -0.2) is 4.79 Å². The van der Waals surface area contributed by atoms with Gasteiger partial charge in [0.15, 0.2) is 0 Å². The van der Waals surface area contributed by atoms with Crippen molar-refractivity contribution in [3.63, 3.8) is 0 Å². The lowest BCUT2D eigenvalue weighted by Gasteiger charge is -2.29. The Kier molecular flexibility index (Phi) is 4.15. The maximum absolute atomic E-state index is 11.0. The lowest BCUT2D eigenvalue weighted by atomic mass is 9.91. The van der Waals surface area contributed by atoms with E-state index in [9.17, 15) is 9.59 Å². The predicted octanol–water partition coefficient (Wildman–Crippen LogP) is 0.867. The normalized spacial score (nSPS) is 25.3. The second-order valence-corrected chi connectivity index (χ2v) is 3.72. The van der Waals surface area contributed by atoms with Crippen molar-refractivity contribution in [3.8, 4) is 0 Å². The Morgan fingerprint density at radius 3 is 2.40 bits per heavy atom. The van der Waals surface area contributed by atoms with Crippen molar-refractivity contribution < 1.29 is 14.7 Å². The number of rotatable bonds is 3. The molecule has 0 saturated heterocycles. The van der Waals surface area contributed by atoms with Gasteiger partial charge >= 0.3 is 6.09 Å². The highest BCUT2D eigenvalue weighted by molar-refractivity contribution is 5.87. The van der Waals surface area contributed by atoms with Crippen molar-refractivity contribution in [2.24, 2.45) is 0 Å². The molecule has 0 radical (unpaired) electrons. The van der Waals surface area contributed by atoms with Gasteiger partial charge in [0.2, 0.25) is 5.91 Å². The molecule has 3 N–H and O–H groups in total. The topological polar surface area (TPSA) is 78.4 Å². The molecule has 0 aromatic heterocycles. The van der Waals surface area contributed by atoms with Gasteiger partial charge < -0.3 is 15.7 Å². The molecule has 15 heavy (non-hydrogen) atoms. The first-order valence-electron chi connectivity index (χ1n) is 5.04. The zero-order valence-electron chi connectivity index (χ0n) is 8.53. The average Bonchev–Trinajstić information content (AvgIpc) is 2.17. The summed E-state index contributed by atoms with van der Waals surface area (Å²) in [5.41, 5.74) is 0. The minimum absolute atomic E-state index is 0.0497. The molecule has 1 aliphatic rings. The molecule has 0 spiro atoms. The average molecular weight is 212 g/mol. The van der Waals surface area contributed by atoms with Crippen molar-refractivity contribution in [1.29, 1.82) is 0 Å². The number of carboxylic acid groups (broad SMARTS) is 1. The Hall–Kier alpha value is -1.52. The van der Waals surface area contributed by atoms with E-state index in [1.807, 2.05) is 0 Å². The van der Waals surface area contributed by atoms with Crippen LogP contribution in [0.3, 0.4) is 0 Å². The second-order valence-electron chi connectivity index (χ2n) is 3.72. The number of hydrogen-bond acceptors (Lipinski definition) is 2. The summed E-state index contributed by atoms with van der Waals surface area (Å²) >= 11 is 0. The lowest BCUT2D eigenvalue weighted by Crippen LogP contribution is -2.45. The summed E-state index contributed by atoms with van der Waals surface area (Å²) in [6.45, 7) is 3.37. The van der Waals surface area contributed by atoms with E-state index < -0.39 is 6.09 Å². The fourth-order valence-corrected chi connectivity index (χ4v) is 1.89. The molecule has 0 aliphatic heterocycles. The van der Waals surface area contributed by atoms with Crippen molar-refractivity contribution >= 4 is 12.0 Å². The highest BCUT2D eigenvalue weighted by Gasteiger charge is 2.23. The molecule has 1 fully saturated rings. The smallest absolute Gasteiger partial charge is 0.404 e. The molecule has 1 rings (SSSR count). The third-order valence-corrected chi connectivity index (χ3v) is 2.53. The lowest BCUT2D eigenvalue weighted by molar-refractivity contribution is -0.117. The quantitative estimate of drug-likeness (QED) is 0.607. The number of carbonyl (C=O) groups excluding carboxylic acids is 1. The number of amides is 2. The van der Waals surface area contributed by atoms with Gasteiger partial charge in [0, 0.05) is 12.1 Å². The highest BCUT2D eigenvalue weighted by atomic mass is 16.4. The second kappa shape index (κ2) is 5.38.